The van der Waals surface area contributed by atoms with Crippen LogP contribution in [-0.2, 0) is 164 Å². The minimum absolute atomic E-state index is 0. The second-order valence-electron chi connectivity index (χ2n) is 10.0. The average molecular weight is 1530 g/mol. The standard InChI is InChI=1S/2C10H6O6.C9H8O5.C3H6O.C2H6O2.2CH4O2.20CH4.4Y/c2*11-4-15-8(12)5-1-2-6-7(3-5)10(14)16-9(6)13;10-5-14-9(13)7-4-2-1-3-6(7)8(11)12;1-3(2)4;1-4-2-3;2*2-1-3;;;;;;;;;;;;;;;;;;;;;;;;/h2*1-3,11H,4H2;1-4,10H,5H2,(H,11,12);1-2H3;3H,2H2,1H3;2*2-3H,1H2;20*1H4;;;;. The summed E-state index contributed by atoms with van der Waals surface area (Å²) >= 11 is 0. The molecular formula is C56H120O24Y4. The second kappa shape index (κ2) is 102. The number of benzene rings is 3. The summed E-state index contributed by atoms with van der Waals surface area (Å²) in [4.78, 5) is 98.2. The number of methoxy groups -OCH3 is 1. The van der Waals surface area contributed by atoms with Crippen LogP contribution in [0.4, 0.5) is 0 Å². The van der Waals surface area contributed by atoms with Gasteiger partial charge in [0, 0.05) is 138 Å². The third kappa shape index (κ3) is 68.7. The molecule has 0 aromatic heterocycles. The van der Waals surface area contributed by atoms with Gasteiger partial charge in [0.15, 0.2) is 20.4 Å². The fourth-order valence-corrected chi connectivity index (χ4v) is 3.69. The summed E-state index contributed by atoms with van der Waals surface area (Å²) < 4.78 is 25.7. The van der Waals surface area contributed by atoms with Crippen LogP contribution in [0, 0.1) is 0 Å². The summed E-state index contributed by atoms with van der Waals surface area (Å²) in [6.07, 6.45) is 0. The van der Waals surface area contributed by atoms with Crippen LogP contribution < -0.4 is 0 Å². The molecule has 9 N–H and O–H groups in total. The van der Waals surface area contributed by atoms with Gasteiger partial charge in [0.2, 0.25) is 0 Å². The number of cyclic esters (lactones) is 4. The topological polar surface area (TPSA) is 391 Å². The molecule has 3 aromatic rings. The van der Waals surface area contributed by atoms with Gasteiger partial charge >= 0.3 is 47.8 Å². The summed E-state index contributed by atoms with van der Waals surface area (Å²) in [5.41, 5.74) is 0.199. The number of carboxylic acids is 1. The Bertz CT molecular complexity index is 1860. The minimum Gasteiger partial charge on any atom is -0.478 e. The molecule has 0 aliphatic carbocycles. The van der Waals surface area contributed by atoms with E-state index >= 15 is 0 Å². The van der Waals surface area contributed by atoms with Crippen molar-refractivity contribution in [3.05, 3.63) is 105 Å². The molecule has 24 nitrogen and oxygen atoms in total. The Morgan fingerprint density at radius 2 is 0.595 bits per heavy atom. The van der Waals surface area contributed by atoms with Gasteiger partial charge in [0.05, 0.1) is 44.5 Å². The Hall–Kier alpha value is -2.45. The number of aliphatic hydroxyl groups excluding tert-OH is 6. The van der Waals surface area contributed by atoms with Gasteiger partial charge in [-0.15, -0.1) is 0 Å². The molecule has 2 heterocycles. The Balaban J connectivity index is -0.0000000199. The maximum Gasteiger partial charge on any atom is 0.346 e. The third-order valence-corrected chi connectivity index (χ3v) is 5.85. The van der Waals surface area contributed by atoms with E-state index < -0.39 is 81.7 Å². The third-order valence-electron chi connectivity index (χ3n) is 5.85. The van der Waals surface area contributed by atoms with Crippen LogP contribution in [-0.4, -0.2) is 147 Å². The number of carbonyl (C=O) groups excluding carboxylic acids is 8. The predicted molar refractivity (Wildman–Crippen MR) is 327 cm³/mol. The number of ether oxygens (including phenoxy) is 6. The predicted octanol–water partition coefficient (Wildman–Crippen LogP) is 11.4. The first-order valence-electron chi connectivity index (χ1n) is 15.9. The van der Waals surface area contributed by atoms with Crippen molar-refractivity contribution < 1.29 is 248 Å². The molecule has 0 fully saturated rings. The normalized spacial score (nSPS) is 7.75. The average Bonchev–Trinajstić information content (AvgIpc) is 3.66. The van der Waals surface area contributed by atoms with E-state index in [4.69, 9.17) is 46.0 Å². The number of hydrogen-bond donors (Lipinski definition) is 9. The van der Waals surface area contributed by atoms with Gasteiger partial charge in [-0.05, 0) is 62.4 Å². The molecule has 0 spiro atoms. The summed E-state index contributed by atoms with van der Waals surface area (Å²) in [5.74, 6) is -6.52. The van der Waals surface area contributed by atoms with Crippen LogP contribution in [0.2, 0.25) is 0 Å². The fraction of sp³-hybridized carbons (Fsp3) is 0.518. The minimum atomic E-state index is -1.21. The zero-order valence-corrected chi connectivity index (χ0v) is 45.3. The molecule has 3 aromatic carbocycles. The summed E-state index contributed by atoms with van der Waals surface area (Å²) in [6.45, 7) is -0.897. The first-order chi connectivity index (χ1) is 28.4. The number of aromatic carboxylic acids is 1. The van der Waals surface area contributed by atoms with Crippen molar-refractivity contribution >= 4 is 53.5 Å². The van der Waals surface area contributed by atoms with Crippen molar-refractivity contribution in [1.82, 2.24) is 0 Å². The Morgan fingerprint density at radius 1 is 0.381 bits per heavy atom. The molecule has 0 saturated heterocycles. The molecule has 2 aliphatic rings. The van der Waals surface area contributed by atoms with E-state index in [1.54, 1.807) is 0 Å². The summed E-state index contributed by atoms with van der Waals surface area (Å²) in [6, 6.07) is 13.2. The zero-order chi connectivity index (χ0) is 46.4. The monoisotopic (exact) mass is 1530 g/mol. The van der Waals surface area contributed by atoms with Crippen molar-refractivity contribution in [2.75, 3.05) is 47.9 Å². The van der Waals surface area contributed by atoms with Gasteiger partial charge in [-0.1, -0.05) is 161 Å². The van der Waals surface area contributed by atoms with Crippen LogP contribution >= 0.6 is 0 Å². The van der Waals surface area contributed by atoms with E-state index in [2.05, 4.69) is 28.4 Å². The number of ketones is 1. The SMILES string of the molecule is C.C.C.C.C.C.C.C.C.C.C.C.C.C.C.C.C.C.C.C.CC(C)=O.COCO.O=C(O)c1ccccc1C(=O)OCO.O=C(OCO)c1ccc2c(c1)C(=O)OC2=O.O=C(OCO)c1ccc2c(c1)C(=O)OC2=O.OCO.OCO.[Y].[Y].[Y].[Y]. The quantitative estimate of drug-likeness (QED) is 0.0438. The molecule has 0 bridgehead atoms. The van der Waals surface area contributed by atoms with Crippen molar-refractivity contribution in [3.63, 3.8) is 0 Å². The first-order valence-corrected chi connectivity index (χ1v) is 15.9. The van der Waals surface area contributed by atoms with Gasteiger partial charge in [-0.25, -0.2) is 38.4 Å². The van der Waals surface area contributed by atoms with Crippen molar-refractivity contribution in [3.8, 4) is 0 Å². The van der Waals surface area contributed by atoms with Gasteiger partial charge in [-0.3, -0.25) is 0 Å². The number of esters is 7. The number of carboxylic acid groups (broad SMARTS) is 1. The molecule has 28 heteroatoms. The van der Waals surface area contributed by atoms with E-state index in [0.717, 1.165) is 0 Å². The van der Waals surface area contributed by atoms with Crippen molar-refractivity contribution in [2.24, 2.45) is 0 Å². The molecule has 0 unspecified atom stereocenters. The summed E-state index contributed by atoms with van der Waals surface area (Å²) in [7, 11) is 1.43. The van der Waals surface area contributed by atoms with Crippen LogP contribution in [0.5, 0.6) is 0 Å². The van der Waals surface area contributed by atoms with Crippen molar-refractivity contribution in [2.45, 2.75) is 162 Å². The molecule has 5 rings (SSSR count). The fourth-order valence-electron chi connectivity index (χ4n) is 3.69. The molecule has 0 saturated carbocycles. The van der Waals surface area contributed by atoms with E-state index in [0.29, 0.717) is 0 Å². The molecule has 0 atom stereocenters. The molecule has 500 valence electrons. The van der Waals surface area contributed by atoms with E-state index in [1.807, 2.05) is 0 Å². The second-order valence-corrected chi connectivity index (χ2v) is 10.0. The largest absolute Gasteiger partial charge is 0.478 e. The van der Waals surface area contributed by atoms with Gasteiger partial charge in [0.25, 0.3) is 0 Å². The van der Waals surface area contributed by atoms with E-state index in [9.17, 15) is 43.2 Å². The van der Waals surface area contributed by atoms with Crippen LogP contribution in [0.1, 0.15) is 245 Å². The van der Waals surface area contributed by atoms with Gasteiger partial charge < -0.3 is 79.2 Å². The number of hydrogen-bond acceptors (Lipinski definition) is 23. The smallest absolute Gasteiger partial charge is 0.346 e. The maximum atomic E-state index is 11.2. The molecule has 4 radical (unpaired) electrons. The molecular weight excluding hydrogens is 1410 g/mol. The Kier molecular flexibility index (Phi) is 209. The van der Waals surface area contributed by atoms with Crippen molar-refractivity contribution in [1.29, 1.82) is 0 Å². The Labute approximate surface area is 610 Å². The first kappa shape index (κ1) is 171. The van der Waals surface area contributed by atoms with Gasteiger partial charge in [-0.2, -0.15) is 0 Å². The van der Waals surface area contributed by atoms with E-state index in [-0.39, 0.29) is 336 Å². The van der Waals surface area contributed by atoms with Gasteiger partial charge in [0.1, 0.15) is 26.2 Å². The molecule has 0 amide bonds. The number of rotatable bonds is 8. The Morgan fingerprint density at radius 3 is 0.810 bits per heavy atom. The zero-order valence-electron chi connectivity index (χ0n) is 34.0. The van der Waals surface area contributed by atoms with Crippen LogP contribution in [0.3, 0.4) is 0 Å². The maximum absolute atomic E-state index is 11.2. The van der Waals surface area contributed by atoms with Crippen LogP contribution in [0.25, 0.3) is 0 Å². The number of aliphatic hydroxyl groups is 8. The number of fused-ring (bicyclic) bond motifs is 2. The van der Waals surface area contributed by atoms with Crippen LogP contribution in [0.15, 0.2) is 60.7 Å². The van der Waals surface area contributed by atoms with E-state index in [1.165, 1.54) is 81.6 Å². The molecule has 2 aliphatic heterocycles. The summed E-state index contributed by atoms with van der Waals surface area (Å²) in [5, 5.41) is 70.0. The number of Topliss-reactive ketones (excluding diaryl/α,β-unsaturated/α-hetero) is 1. The molecule has 84 heavy (non-hydrogen) atoms. The number of carbonyl (C=O) groups is 9.